The monoisotopic (exact) mass is 331 g/mol. The Hall–Kier alpha value is -2.90. The van der Waals surface area contributed by atoms with Crippen LogP contribution in [0.15, 0.2) is 30.9 Å². The van der Waals surface area contributed by atoms with Gasteiger partial charge in [0.25, 0.3) is 0 Å². The van der Waals surface area contributed by atoms with Gasteiger partial charge in [-0.05, 0) is 18.6 Å². The van der Waals surface area contributed by atoms with Crippen molar-refractivity contribution in [3.63, 3.8) is 0 Å². The van der Waals surface area contributed by atoms with Gasteiger partial charge in [-0.1, -0.05) is 12.2 Å². The molecule has 0 amide bonds. The molecule has 1 N–H and O–H groups in total. The van der Waals surface area contributed by atoms with Gasteiger partial charge in [-0.3, -0.25) is 5.10 Å². The number of nitrogens with zero attached hydrogens (tertiary/aromatic N) is 4. The SMILES string of the molecule is Cc1cc2[nH]ncc2c(N2CC=Cc3cncnc32)c1C(F)(F)F. The van der Waals surface area contributed by atoms with Crippen LogP contribution in [-0.2, 0) is 6.18 Å². The molecule has 0 saturated carbocycles. The van der Waals surface area contributed by atoms with Crippen molar-refractivity contribution in [1.82, 2.24) is 20.2 Å². The van der Waals surface area contributed by atoms with E-state index in [0.717, 1.165) is 0 Å². The number of hydrogen-bond acceptors (Lipinski definition) is 4. The van der Waals surface area contributed by atoms with Crippen LogP contribution in [-0.4, -0.2) is 26.7 Å². The summed E-state index contributed by atoms with van der Waals surface area (Å²) >= 11 is 0. The van der Waals surface area contributed by atoms with Crippen molar-refractivity contribution in [2.45, 2.75) is 13.1 Å². The van der Waals surface area contributed by atoms with Gasteiger partial charge in [-0.25, -0.2) is 9.97 Å². The Morgan fingerprint density at radius 2 is 2.08 bits per heavy atom. The third kappa shape index (κ3) is 2.14. The van der Waals surface area contributed by atoms with E-state index in [4.69, 9.17) is 0 Å². The maximum Gasteiger partial charge on any atom is 0.418 e. The van der Waals surface area contributed by atoms with Gasteiger partial charge in [0.1, 0.15) is 12.1 Å². The molecule has 1 aromatic carbocycles. The molecule has 3 heterocycles. The predicted octanol–water partition coefficient (Wildman–Crippen LogP) is 3.85. The van der Waals surface area contributed by atoms with E-state index in [1.165, 1.54) is 25.5 Å². The molecule has 1 aliphatic heterocycles. The van der Waals surface area contributed by atoms with Gasteiger partial charge in [0.05, 0.1) is 23.0 Å². The molecule has 0 spiro atoms. The molecule has 24 heavy (non-hydrogen) atoms. The van der Waals surface area contributed by atoms with Crippen molar-refractivity contribution in [1.29, 1.82) is 0 Å². The van der Waals surface area contributed by atoms with Gasteiger partial charge < -0.3 is 4.90 Å². The van der Waals surface area contributed by atoms with Gasteiger partial charge >= 0.3 is 6.18 Å². The molecule has 0 aliphatic carbocycles. The molecule has 122 valence electrons. The van der Waals surface area contributed by atoms with Crippen LogP contribution >= 0.6 is 0 Å². The number of hydrogen-bond donors (Lipinski definition) is 1. The topological polar surface area (TPSA) is 57.7 Å². The minimum absolute atomic E-state index is 0.0653. The normalized spacial score (nSPS) is 14.2. The van der Waals surface area contributed by atoms with E-state index in [9.17, 15) is 13.2 Å². The molecule has 0 unspecified atom stereocenters. The summed E-state index contributed by atoms with van der Waals surface area (Å²) < 4.78 is 41.3. The van der Waals surface area contributed by atoms with Crippen LogP contribution in [0.5, 0.6) is 0 Å². The standard InChI is InChI=1S/C16H12F3N5/c1-9-5-12-11(7-22-23-12)14(13(9)16(17,18)19)24-4-2-3-10-6-20-8-21-15(10)24/h2-3,5-8H,4H2,1H3,(H,22,23). The Labute approximate surface area is 134 Å². The van der Waals surface area contributed by atoms with E-state index in [0.29, 0.717) is 22.3 Å². The quantitative estimate of drug-likeness (QED) is 0.736. The Morgan fingerprint density at radius 1 is 1.25 bits per heavy atom. The summed E-state index contributed by atoms with van der Waals surface area (Å²) in [7, 11) is 0. The van der Waals surface area contributed by atoms with E-state index in [-0.39, 0.29) is 17.8 Å². The molecule has 4 rings (SSSR count). The lowest BCUT2D eigenvalue weighted by Crippen LogP contribution is -2.25. The zero-order valence-corrected chi connectivity index (χ0v) is 12.6. The average molecular weight is 331 g/mol. The molecule has 0 radical (unpaired) electrons. The van der Waals surface area contributed by atoms with Crippen molar-refractivity contribution in [3.8, 4) is 0 Å². The van der Waals surface area contributed by atoms with Crippen molar-refractivity contribution in [2.75, 3.05) is 11.4 Å². The number of aromatic amines is 1. The molecular weight excluding hydrogens is 319 g/mol. The highest BCUT2D eigenvalue weighted by Gasteiger charge is 2.39. The molecule has 0 atom stereocenters. The summed E-state index contributed by atoms with van der Waals surface area (Å²) in [5, 5.41) is 7.06. The number of anilines is 2. The second-order valence-corrected chi connectivity index (χ2v) is 5.56. The highest BCUT2D eigenvalue weighted by Crippen LogP contribution is 2.45. The number of fused-ring (bicyclic) bond motifs is 2. The lowest BCUT2D eigenvalue weighted by Gasteiger charge is -2.30. The molecule has 2 aromatic heterocycles. The number of aromatic nitrogens is 4. The molecular formula is C16H12F3N5. The molecule has 5 nitrogen and oxygen atoms in total. The predicted molar refractivity (Wildman–Crippen MR) is 83.9 cm³/mol. The summed E-state index contributed by atoms with van der Waals surface area (Å²) in [6.07, 6.45) is 3.44. The summed E-state index contributed by atoms with van der Waals surface area (Å²) in [6.45, 7) is 1.74. The van der Waals surface area contributed by atoms with Crippen molar-refractivity contribution >= 4 is 28.5 Å². The largest absolute Gasteiger partial charge is 0.418 e. The smallest absolute Gasteiger partial charge is 0.321 e. The Morgan fingerprint density at radius 3 is 2.88 bits per heavy atom. The van der Waals surface area contributed by atoms with Crippen molar-refractivity contribution < 1.29 is 13.2 Å². The zero-order chi connectivity index (χ0) is 16.9. The number of H-pyrrole nitrogens is 1. The molecule has 0 bridgehead atoms. The minimum atomic E-state index is -4.49. The average Bonchev–Trinajstić information content (AvgIpc) is 3.00. The maximum absolute atomic E-state index is 13.8. The Bertz CT molecular complexity index is 958. The van der Waals surface area contributed by atoms with Gasteiger partial charge in [-0.15, -0.1) is 0 Å². The summed E-state index contributed by atoms with van der Waals surface area (Å²) in [6, 6.07) is 1.47. The third-order valence-electron chi connectivity index (χ3n) is 4.03. The zero-order valence-electron chi connectivity index (χ0n) is 12.6. The van der Waals surface area contributed by atoms with E-state index in [2.05, 4.69) is 20.2 Å². The first kappa shape index (κ1) is 14.7. The number of rotatable bonds is 1. The second kappa shape index (κ2) is 5.05. The van der Waals surface area contributed by atoms with Crippen LogP contribution in [0.1, 0.15) is 16.7 Å². The van der Waals surface area contributed by atoms with E-state index in [1.54, 1.807) is 17.2 Å². The lowest BCUT2D eigenvalue weighted by atomic mass is 10.00. The number of benzene rings is 1. The third-order valence-corrected chi connectivity index (χ3v) is 4.03. The van der Waals surface area contributed by atoms with Crippen LogP contribution in [0, 0.1) is 6.92 Å². The van der Waals surface area contributed by atoms with Crippen LogP contribution in [0.4, 0.5) is 24.7 Å². The lowest BCUT2D eigenvalue weighted by molar-refractivity contribution is -0.137. The highest BCUT2D eigenvalue weighted by atomic mass is 19.4. The fourth-order valence-corrected chi connectivity index (χ4v) is 3.09. The van der Waals surface area contributed by atoms with Crippen molar-refractivity contribution in [3.05, 3.63) is 47.6 Å². The molecule has 8 heteroatoms. The summed E-state index contributed by atoms with van der Waals surface area (Å²) in [5.74, 6) is 0.450. The van der Waals surface area contributed by atoms with Gasteiger partial charge in [0, 0.05) is 23.7 Å². The molecule has 0 fully saturated rings. The molecule has 0 saturated heterocycles. The summed E-state index contributed by atoms with van der Waals surface area (Å²) in [4.78, 5) is 9.68. The first-order valence-electron chi connectivity index (χ1n) is 7.25. The maximum atomic E-state index is 13.8. The fraction of sp³-hybridized carbons (Fsp3) is 0.188. The van der Waals surface area contributed by atoms with E-state index in [1.807, 2.05) is 6.08 Å². The highest BCUT2D eigenvalue weighted by molar-refractivity contribution is 5.97. The Kier molecular flexibility index (Phi) is 3.09. The molecule has 3 aromatic rings. The fourth-order valence-electron chi connectivity index (χ4n) is 3.09. The minimum Gasteiger partial charge on any atom is -0.321 e. The van der Waals surface area contributed by atoms with Crippen LogP contribution in [0.3, 0.4) is 0 Å². The van der Waals surface area contributed by atoms with E-state index < -0.39 is 11.7 Å². The summed E-state index contributed by atoms with van der Waals surface area (Å²) in [5.41, 5.74) is 0.766. The number of alkyl halides is 3. The number of aryl methyl sites for hydroxylation is 1. The van der Waals surface area contributed by atoms with Gasteiger partial charge in [-0.2, -0.15) is 18.3 Å². The van der Waals surface area contributed by atoms with Crippen molar-refractivity contribution in [2.24, 2.45) is 0 Å². The number of halogens is 3. The van der Waals surface area contributed by atoms with Crippen LogP contribution in [0.2, 0.25) is 0 Å². The second-order valence-electron chi connectivity index (χ2n) is 5.56. The molecule has 1 aliphatic rings. The van der Waals surface area contributed by atoms with Gasteiger partial charge in [0.2, 0.25) is 0 Å². The van der Waals surface area contributed by atoms with Gasteiger partial charge in [0.15, 0.2) is 0 Å². The first-order chi connectivity index (χ1) is 11.5. The first-order valence-corrected chi connectivity index (χ1v) is 7.25. The van der Waals surface area contributed by atoms with Crippen LogP contribution < -0.4 is 4.90 Å². The van der Waals surface area contributed by atoms with E-state index >= 15 is 0 Å². The Balaban J connectivity index is 2.06. The van der Waals surface area contributed by atoms with Crippen LogP contribution in [0.25, 0.3) is 17.0 Å². The number of nitrogens with one attached hydrogen (secondary N) is 1.